The van der Waals surface area contributed by atoms with Crippen LogP contribution in [-0.4, -0.2) is 24.5 Å². The van der Waals surface area contributed by atoms with Gasteiger partial charge in [0.15, 0.2) is 0 Å². The minimum absolute atomic E-state index is 0. The van der Waals surface area contributed by atoms with Gasteiger partial charge in [-0.05, 0) is 26.0 Å². The van der Waals surface area contributed by atoms with Crippen molar-refractivity contribution in [2.75, 3.05) is 13.6 Å². The first-order valence-corrected chi connectivity index (χ1v) is 4.50. The fourth-order valence-electron chi connectivity index (χ4n) is 1.13. The van der Waals surface area contributed by atoms with Crippen LogP contribution in [0.2, 0.25) is 0 Å². The number of nitrogens with zero attached hydrogens (tertiary/aromatic N) is 1. The van der Waals surface area contributed by atoms with Crippen LogP contribution in [0.15, 0.2) is 30.2 Å². The molecule has 2 heteroatoms. The molecule has 82 valence electrons. The van der Waals surface area contributed by atoms with Crippen LogP contribution in [-0.2, 0) is 6.42 Å². The van der Waals surface area contributed by atoms with Gasteiger partial charge in [-0.3, -0.25) is 4.90 Å². The first-order chi connectivity index (χ1) is 8.81. The lowest BCUT2D eigenvalue weighted by atomic mass is 10.1. The minimum atomic E-state index is -0.358. The number of terminal acetylenes is 1. The van der Waals surface area contributed by atoms with E-state index in [1.807, 2.05) is 18.9 Å². The van der Waals surface area contributed by atoms with Crippen molar-refractivity contribution in [3.8, 4) is 12.3 Å². The number of hydrogen-bond acceptors (Lipinski definition) is 1. The average Bonchev–Trinajstić information content (AvgIpc) is 2.39. The molecule has 1 atom stereocenters. The van der Waals surface area contributed by atoms with Crippen LogP contribution in [0.25, 0.3) is 0 Å². The monoisotopic (exact) mass is 228 g/mol. The maximum Gasteiger partial charge on any atom is 0.0626 e. The van der Waals surface area contributed by atoms with Gasteiger partial charge < -0.3 is 0 Å². The van der Waals surface area contributed by atoms with E-state index in [2.05, 4.69) is 5.92 Å². The van der Waals surface area contributed by atoms with E-state index < -0.39 is 0 Å². The summed E-state index contributed by atoms with van der Waals surface area (Å²) >= 11 is 0. The van der Waals surface area contributed by atoms with Gasteiger partial charge in [-0.1, -0.05) is 36.1 Å². The fourth-order valence-corrected chi connectivity index (χ4v) is 1.13. The Bertz CT molecular complexity index is 497. The van der Waals surface area contributed by atoms with E-state index in [9.17, 15) is 0 Å². The van der Waals surface area contributed by atoms with Gasteiger partial charge in [-0.25, -0.2) is 0 Å². The van der Waals surface area contributed by atoms with Gasteiger partial charge in [0.1, 0.15) is 0 Å². The van der Waals surface area contributed by atoms with E-state index in [1.165, 1.54) is 0 Å². The van der Waals surface area contributed by atoms with Gasteiger partial charge in [0.05, 0.1) is 13.4 Å². The van der Waals surface area contributed by atoms with Crippen molar-refractivity contribution in [2.24, 2.45) is 0 Å². The third-order valence-corrected chi connectivity index (χ3v) is 2.14. The van der Waals surface area contributed by atoms with Crippen molar-refractivity contribution < 1.29 is 6.85 Å². The molecule has 0 fully saturated rings. The Labute approximate surface area is 106 Å². The van der Waals surface area contributed by atoms with Crippen LogP contribution in [0.5, 0.6) is 0 Å². The summed E-state index contributed by atoms with van der Waals surface area (Å²) in [4.78, 5) is 1.90. The summed E-state index contributed by atoms with van der Waals surface area (Å²) in [5.41, 5.74) is 0.336. The molecule has 0 N–H and O–H groups in total. The molecule has 0 heterocycles. The van der Waals surface area contributed by atoms with Crippen LogP contribution in [0, 0.1) is 12.3 Å². The molecule has 0 bridgehead atoms. The first kappa shape index (κ1) is 7.33. The van der Waals surface area contributed by atoms with E-state index in [0.29, 0.717) is 18.5 Å². The molecule has 1 aromatic rings. The summed E-state index contributed by atoms with van der Waals surface area (Å²) in [6, 6.07) is -1.20. The van der Waals surface area contributed by atoms with Crippen LogP contribution < -0.4 is 0 Å². The van der Waals surface area contributed by atoms with Gasteiger partial charge in [0.25, 0.3) is 0 Å². The largest absolute Gasteiger partial charge is 0.292 e. The molecule has 1 rings (SSSR count). The molecular formula is C13H18ClN. The fraction of sp³-hybridized carbons (Fsp3) is 0.385. The molecule has 0 aliphatic carbocycles. The predicted octanol–water partition coefficient (Wildman–Crippen LogP) is 2.60. The van der Waals surface area contributed by atoms with Gasteiger partial charge in [-0.15, -0.1) is 18.8 Å². The molecule has 0 aliphatic heterocycles. The minimum Gasteiger partial charge on any atom is -0.292 e. The molecule has 1 nitrogen and oxygen atoms in total. The Kier molecular flexibility index (Phi) is 3.58. The molecule has 0 radical (unpaired) electrons. The highest BCUT2D eigenvalue weighted by atomic mass is 35.5. The maximum absolute atomic E-state index is 7.84. The van der Waals surface area contributed by atoms with E-state index in [-0.39, 0.29) is 48.7 Å². The number of benzene rings is 1. The lowest BCUT2D eigenvalue weighted by molar-refractivity contribution is 0.287. The summed E-state index contributed by atoms with van der Waals surface area (Å²) < 4.78 is 38.4. The average molecular weight is 229 g/mol. The number of halogens is 1. The zero-order chi connectivity index (χ0) is 14.7. The Morgan fingerprint density at radius 1 is 1.47 bits per heavy atom. The summed E-state index contributed by atoms with van der Waals surface area (Å²) in [5.74, 6) is 2.52. The first-order valence-electron chi connectivity index (χ1n) is 7.00. The van der Waals surface area contributed by atoms with E-state index in [0.717, 1.165) is 0 Å². The number of likely N-dealkylation sites (N-methyl/N-ethyl adjacent to an activating group) is 1. The van der Waals surface area contributed by atoms with Crippen molar-refractivity contribution in [3.63, 3.8) is 0 Å². The SMILES string of the molecule is Cl.[2H]c1c([2H])c([2H])c(C[C@@H](C)N(C)CC#C)c([2H])c1[2H]. The van der Waals surface area contributed by atoms with Gasteiger partial charge in [0.2, 0.25) is 0 Å². The Balaban J connectivity index is 0.00000361. The van der Waals surface area contributed by atoms with Crippen molar-refractivity contribution >= 4 is 12.4 Å². The summed E-state index contributed by atoms with van der Waals surface area (Å²) in [6.07, 6.45) is 5.61. The molecule has 1 aromatic carbocycles. The molecular weight excluding hydrogens is 206 g/mol. The number of hydrogen-bond donors (Lipinski definition) is 0. The zero-order valence-corrected chi connectivity index (χ0v) is 9.74. The Morgan fingerprint density at radius 2 is 2.07 bits per heavy atom. The van der Waals surface area contributed by atoms with Crippen LogP contribution in [0.3, 0.4) is 0 Å². The lowest BCUT2D eigenvalue weighted by Gasteiger charge is -2.22. The second kappa shape index (κ2) is 7.34. The second-order valence-electron chi connectivity index (χ2n) is 3.28. The molecule has 0 saturated heterocycles. The topological polar surface area (TPSA) is 3.24 Å². The normalized spacial score (nSPS) is 16.3. The van der Waals surface area contributed by atoms with Crippen molar-refractivity contribution in [2.45, 2.75) is 19.4 Å². The standard InChI is InChI=1S/C13H17N.ClH/c1-4-10-14(3)12(2)11-13-8-6-5-7-9-13;/h1,5-9,12H,10-11H2,2-3H3;1H/t12-;/m1./s1/i5D,6D,7D,8D,9D;. The second-order valence-corrected chi connectivity index (χ2v) is 3.28. The van der Waals surface area contributed by atoms with E-state index in [1.54, 1.807) is 0 Å². The van der Waals surface area contributed by atoms with E-state index >= 15 is 0 Å². The van der Waals surface area contributed by atoms with Gasteiger partial charge in [-0.2, -0.15) is 0 Å². The van der Waals surface area contributed by atoms with Gasteiger partial charge >= 0.3 is 0 Å². The van der Waals surface area contributed by atoms with Crippen molar-refractivity contribution in [3.05, 3.63) is 35.8 Å². The zero-order valence-electron chi connectivity index (χ0n) is 13.9. The van der Waals surface area contributed by atoms with Gasteiger partial charge in [0, 0.05) is 6.04 Å². The highest BCUT2D eigenvalue weighted by Crippen LogP contribution is 2.06. The smallest absolute Gasteiger partial charge is 0.0626 e. The molecule has 0 unspecified atom stereocenters. The maximum atomic E-state index is 7.84. The van der Waals surface area contributed by atoms with Crippen LogP contribution in [0.4, 0.5) is 0 Å². The Morgan fingerprint density at radius 3 is 2.60 bits per heavy atom. The molecule has 0 spiro atoms. The Hall–Kier alpha value is -0.970. The highest BCUT2D eigenvalue weighted by molar-refractivity contribution is 5.85. The summed E-state index contributed by atoms with van der Waals surface area (Å²) in [6.45, 7) is 2.37. The molecule has 15 heavy (non-hydrogen) atoms. The van der Waals surface area contributed by atoms with Crippen LogP contribution in [0.1, 0.15) is 19.3 Å². The molecule has 0 saturated carbocycles. The van der Waals surface area contributed by atoms with E-state index in [4.69, 9.17) is 13.3 Å². The summed E-state index contributed by atoms with van der Waals surface area (Å²) in [7, 11) is 1.85. The molecule has 0 aliphatic rings. The third-order valence-electron chi connectivity index (χ3n) is 2.14. The predicted molar refractivity (Wildman–Crippen MR) is 68.3 cm³/mol. The highest BCUT2D eigenvalue weighted by Gasteiger charge is 2.07. The van der Waals surface area contributed by atoms with Crippen molar-refractivity contribution in [1.82, 2.24) is 4.90 Å². The molecule has 0 aromatic heterocycles. The van der Waals surface area contributed by atoms with Crippen molar-refractivity contribution in [1.29, 1.82) is 0 Å². The molecule has 0 amide bonds. The summed E-state index contributed by atoms with van der Waals surface area (Å²) in [5, 5.41) is 0. The van der Waals surface area contributed by atoms with Crippen LogP contribution >= 0.6 is 12.4 Å². The quantitative estimate of drug-likeness (QED) is 0.717. The number of rotatable bonds is 4. The lowest BCUT2D eigenvalue weighted by Crippen LogP contribution is -2.31. The third kappa shape index (κ3) is 4.88.